The molecule has 0 fully saturated rings. The maximum atomic E-state index is 12.1. The Labute approximate surface area is 120 Å². The molecule has 0 bridgehead atoms. The fourth-order valence-electron chi connectivity index (χ4n) is 1.66. The molecular weight excluding hydrogens is 308 g/mol. The van der Waals surface area contributed by atoms with E-state index in [4.69, 9.17) is 9.47 Å². The molecule has 19 heavy (non-hydrogen) atoms. The molecule has 0 spiro atoms. The first kappa shape index (κ1) is 13.6. The van der Waals surface area contributed by atoms with Crippen LogP contribution in [0.3, 0.4) is 0 Å². The van der Waals surface area contributed by atoms with Gasteiger partial charge in [0.15, 0.2) is 0 Å². The van der Waals surface area contributed by atoms with Gasteiger partial charge in [0.2, 0.25) is 0 Å². The number of hydrogen-bond acceptors (Lipinski definition) is 3. The quantitative estimate of drug-likeness (QED) is 0.633. The summed E-state index contributed by atoms with van der Waals surface area (Å²) in [4.78, 5) is 12.1. The van der Waals surface area contributed by atoms with E-state index in [1.807, 2.05) is 19.1 Å². The number of carbonyl (C=O) groups is 1. The van der Waals surface area contributed by atoms with Gasteiger partial charge in [-0.15, -0.1) is 0 Å². The summed E-state index contributed by atoms with van der Waals surface area (Å²) in [7, 11) is 1.52. The zero-order valence-corrected chi connectivity index (χ0v) is 12.2. The van der Waals surface area contributed by atoms with Crippen LogP contribution in [-0.2, 0) is 0 Å². The zero-order chi connectivity index (χ0) is 13.8. The van der Waals surface area contributed by atoms with Crippen molar-refractivity contribution in [1.29, 1.82) is 0 Å². The first-order chi connectivity index (χ1) is 9.11. The first-order valence-electron chi connectivity index (χ1n) is 5.73. The van der Waals surface area contributed by atoms with E-state index >= 15 is 0 Å². The highest BCUT2D eigenvalue weighted by Crippen LogP contribution is 2.27. The van der Waals surface area contributed by atoms with Crippen molar-refractivity contribution in [3.8, 4) is 11.5 Å². The number of carbonyl (C=O) groups excluding carboxylic acids is 1. The van der Waals surface area contributed by atoms with Crippen LogP contribution in [0.1, 0.15) is 15.9 Å². The van der Waals surface area contributed by atoms with Gasteiger partial charge in [0.05, 0.1) is 11.6 Å². The van der Waals surface area contributed by atoms with Crippen molar-refractivity contribution in [2.24, 2.45) is 0 Å². The second kappa shape index (κ2) is 5.89. The summed E-state index contributed by atoms with van der Waals surface area (Å²) in [6.07, 6.45) is 0. The number of para-hydroxylation sites is 1. The Kier molecular flexibility index (Phi) is 4.22. The number of ether oxygens (including phenoxy) is 2. The van der Waals surface area contributed by atoms with Crippen LogP contribution in [-0.4, -0.2) is 13.1 Å². The third kappa shape index (κ3) is 3.15. The van der Waals surface area contributed by atoms with Crippen LogP contribution in [0.25, 0.3) is 0 Å². The lowest BCUT2D eigenvalue weighted by Gasteiger charge is -2.09. The molecule has 0 unspecified atom stereocenters. The third-order valence-corrected chi connectivity index (χ3v) is 3.24. The molecule has 4 heteroatoms. The molecule has 0 aliphatic carbocycles. The van der Waals surface area contributed by atoms with E-state index in [1.54, 1.807) is 30.3 Å². The van der Waals surface area contributed by atoms with Crippen LogP contribution in [0.2, 0.25) is 0 Å². The fourth-order valence-corrected chi connectivity index (χ4v) is 2.23. The number of benzene rings is 2. The second-order valence-corrected chi connectivity index (χ2v) is 4.88. The number of halogens is 1. The average molecular weight is 321 g/mol. The number of aryl methyl sites for hydroxylation is 1. The highest BCUT2D eigenvalue weighted by atomic mass is 79.9. The van der Waals surface area contributed by atoms with Gasteiger partial charge in [-0.3, -0.25) is 0 Å². The highest BCUT2D eigenvalue weighted by Gasteiger charge is 2.15. The van der Waals surface area contributed by atoms with Gasteiger partial charge in [-0.25, -0.2) is 4.79 Å². The van der Waals surface area contributed by atoms with Crippen LogP contribution in [0, 0.1) is 6.92 Å². The number of methoxy groups -OCH3 is 1. The summed E-state index contributed by atoms with van der Waals surface area (Å²) >= 11 is 3.38. The first-order valence-corrected chi connectivity index (χ1v) is 6.52. The van der Waals surface area contributed by atoms with Gasteiger partial charge < -0.3 is 9.47 Å². The van der Waals surface area contributed by atoms with Crippen LogP contribution in [0.5, 0.6) is 11.5 Å². The summed E-state index contributed by atoms with van der Waals surface area (Å²) in [6, 6.07) is 12.5. The molecule has 3 nitrogen and oxygen atoms in total. The molecule has 0 radical (unpaired) electrons. The molecule has 0 aliphatic heterocycles. The third-order valence-electron chi connectivity index (χ3n) is 2.62. The van der Waals surface area contributed by atoms with Crippen molar-refractivity contribution in [1.82, 2.24) is 0 Å². The number of rotatable bonds is 3. The van der Waals surface area contributed by atoms with Crippen molar-refractivity contribution >= 4 is 21.9 Å². The predicted octanol–water partition coefficient (Wildman–Crippen LogP) is 3.99. The van der Waals surface area contributed by atoms with Crippen molar-refractivity contribution in [2.75, 3.05) is 7.11 Å². The lowest BCUT2D eigenvalue weighted by molar-refractivity contribution is 0.0730. The number of hydrogen-bond donors (Lipinski definition) is 0. The Morgan fingerprint density at radius 1 is 1.11 bits per heavy atom. The largest absolute Gasteiger partial charge is 0.496 e. The maximum Gasteiger partial charge on any atom is 0.347 e. The molecule has 2 rings (SSSR count). The maximum absolute atomic E-state index is 12.1. The van der Waals surface area contributed by atoms with Gasteiger partial charge in [-0.1, -0.05) is 18.2 Å². The Bertz CT molecular complexity index is 608. The molecule has 0 saturated carbocycles. The molecule has 0 N–H and O–H groups in total. The van der Waals surface area contributed by atoms with Crippen molar-refractivity contribution in [3.63, 3.8) is 0 Å². The molecule has 98 valence electrons. The smallest absolute Gasteiger partial charge is 0.347 e. The molecular formula is C15H13BrO3. The van der Waals surface area contributed by atoms with Gasteiger partial charge in [0.25, 0.3) is 0 Å². The van der Waals surface area contributed by atoms with Gasteiger partial charge in [-0.2, -0.15) is 0 Å². The van der Waals surface area contributed by atoms with Crippen LogP contribution in [0.15, 0.2) is 46.9 Å². The molecule has 0 atom stereocenters. The lowest BCUT2D eigenvalue weighted by atomic mass is 10.2. The molecule has 0 heterocycles. The van der Waals surface area contributed by atoms with Crippen molar-refractivity contribution < 1.29 is 14.3 Å². The van der Waals surface area contributed by atoms with E-state index in [-0.39, 0.29) is 0 Å². The summed E-state index contributed by atoms with van der Waals surface area (Å²) in [6.45, 7) is 1.97. The minimum absolute atomic E-state index is 0.400. The molecule has 2 aromatic carbocycles. The number of esters is 1. The Balaban J connectivity index is 2.26. The Morgan fingerprint density at radius 2 is 1.84 bits per heavy atom. The Hall–Kier alpha value is -1.81. The monoisotopic (exact) mass is 320 g/mol. The van der Waals surface area contributed by atoms with Gasteiger partial charge in [-0.05, 0) is 52.7 Å². The topological polar surface area (TPSA) is 35.5 Å². The predicted molar refractivity (Wildman–Crippen MR) is 76.8 cm³/mol. The van der Waals surface area contributed by atoms with E-state index < -0.39 is 5.97 Å². The van der Waals surface area contributed by atoms with Crippen molar-refractivity contribution in [2.45, 2.75) is 6.92 Å². The highest BCUT2D eigenvalue weighted by molar-refractivity contribution is 9.10. The Morgan fingerprint density at radius 3 is 2.53 bits per heavy atom. The van der Waals surface area contributed by atoms with E-state index in [0.29, 0.717) is 17.1 Å². The zero-order valence-electron chi connectivity index (χ0n) is 10.6. The summed E-state index contributed by atoms with van der Waals surface area (Å²) in [5, 5.41) is 0. The van der Waals surface area contributed by atoms with E-state index in [1.165, 1.54) is 7.11 Å². The van der Waals surface area contributed by atoms with E-state index in [9.17, 15) is 4.79 Å². The molecule has 0 amide bonds. The summed E-state index contributed by atoms with van der Waals surface area (Å²) in [5.74, 6) is 0.541. The summed E-state index contributed by atoms with van der Waals surface area (Å²) < 4.78 is 11.2. The standard InChI is InChI=1S/C15H13BrO3/c1-10-7-8-14(12(16)9-10)19-15(17)11-5-3-4-6-13(11)18-2/h3-9H,1-2H3. The molecule has 2 aromatic rings. The van der Waals surface area contributed by atoms with Crippen LogP contribution in [0.4, 0.5) is 0 Å². The fraction of sp³-hybridized carbons (Fsp3) is 0.133. The summed E-state index contributed by atoms with van der Waals surface area (Å²) in [5.41, 5.74) is 1.49. The lowest BCUT2D eigenvalue weighted by Crippen LogP contribution is -2.10. The minimum atomic E-state index is -0.443. The van der Waals surface area contributed by atoms with Gasteiger partial charge in [0, 0.05) is 0 Å². The minimum Gasteiger partial charge on any atom is -0.496 e. The van der Waals surface area contributed by atoms with Gasteiger partial charge >= 0.3 is 5.97 Å². The van der Waals surface area contributed by atoms with Crippen LogP contribution < -0.4 is 9.47 Å². The van der Waals surface area contributed by atoms with E-state index in [0.717, 1.165) is 10.0 Å². The second-order valence-electron chi connectivity index (χ2n) is 4.02. The normalized spacial score (nSPS) is 10.1. The van der Waals surface area contributed by atoms with Gasteiger partial charge in [0.1, 0.15) is 17.1 Å². The molecule has 0 aliphatic rings. The SMILES string of the molecule is COc1ccccc1C(=O)Oc1ccc(C)cc1Br. The average Bonchev–Trinajstić information content (AvgIpc) is 2.41. The van der Waals surface area contributed by atoms with Crippen LogP contribution >= 0.6 is 15.9 Å². The van der Waals surface area contributed by atoms with E-state index in [2.05, 4.69) is 15.9 Å². The molecule has 0 saturated heterocycles. The molecule has 0 aromatic heterocycles. The van der Waals surface area contributed by atoms with Crippen molar-refractivity contribution in [3.05, 3.63) is 58.1 Å².